The molecule has 5 rings (SSSR count). The van der Waals surface area contributed by atoms with Crippen LogP contribution in [0, 0.1) is 0 Å². The maximum Gasteiger partial charge on any atom is 0.229 e. The van der Waals surface area contributed by atoms with Gasteiger partial charge in [-0.15, -0.1) is 11.3 Å². The maximum atomic E-state index is 5.81. The summed E-state index contributed by atoms with van der Waals surface area (Å²) < 4.78 is 6.86. The topological polar surface area (TPSA) is 65.6 Å². The van der Waals surface area contributed by atoms with Crippen LogP contribution in [0.3, 0.4) is 0 Å². The van der Waals surface area contributed by atoms with Gasteiger partial charge in [0, 0.05) is 36.6 Å². The van der Waals surface area contributed by atoms with E-state index in [1.54, 1.807) is 18.4 Å². The first-order chi connectivity index (χ1) is 19.0. The van der Waals surface area contributed by atoms with Crippen LogP contribution in [0.1, 0.15) is 26.7 Å². The molecule has 2 N–H and O–H groups in total. The van der Waals surface area contributed by atoms with E-state index in [0.29, 0.717) is 12.0 Å². The van der Waals surface area contributed by atoms with Crippen LogP contribution in [0.4, 0.5) is 28.8 Å². The Morgan fingerprint density at radius 2 is 1.77 bits per heavy atom. The Kier molecular flexibility index (Phi) is 8.85. The van der Waals surface area contributed by atoms with Crippen molar-refractivity contribution in [2.24, 2.45) is 0 Å². The number of aromatic nitrogens is 2. The fraction of sp³-hybridized carbons (Fsp3) is 0.400. The highest BCUT2D eigenvalue weighted by Crippen LogP contribution is 2.38. The molecule has 3 heterocycles. The number of rotatable bonds is 10. The van der Waals surface area contributed by atoms with E-state index in [1.807, 2.05) is 6.07 Å². The zero-order chi connectivity index (χ0) is 27.4. The molecule has 1 aliphatic rings. The van der Waals surface area contributed by atoms with E-state index in [2.05, 4.69) is 96.2 Å². The van der Waals surface area contributed by atoms with Crippen molar-refractivity contribution in [1.82, 2.24) is 14.9 Å². The molecule has 1 aliphatic heterocycles. The Morgan fingerprint density at radius 1 is 1.00 bits per heavy atom. The molecule has 2 aromatic carbocycles. The van der Waals surface area contributed by atoms with E-state index in [4.69, 9.17) is 14.7 Å². The van der Waals surface area contributed by atoms with Gasteiger partial charge in [0.1, 0.15) is 5.75 Å². The van der Waals surface area contributed by atoms with Crippen molar-refractivity contribution in [2.45, 2.75) is 32.7 Å². The number of methoxy groups -OCH3 is 1. The van der Waals surface area contributed by atoms with Gasteiger partial charge >= 0.3 is 0 Å². The van der Waals surface area contributed by atoms with Crippen molar-refractivity contribution in [1.29, 1.82) is 0 Å². The molecule has 4 aromatic rings. The van der Waals surface area contributed by atoms with Crippen molar-refractivity contribution in [3.63, 3.8) is 0 Å². The zero-order valence-corrected chi connectivity index (χ0v) is 25.3. The Bertz CT molecular complexity index is 1400. The molecule has 0 bridgehead atoms. The Balaban J connectivity index is 1.40. The molecule has 206 valence electrons. The molecule has 39 heavy (non-hydrogen) atoms. The lowest BCUT2D eigenvalue weighted by Gasteiger charge is -2.36. The van der Waals surface area contributed by atoms with Gasteiger partial charge in [0.25, 0.3) is 0 Å². The predicted molar refractivity (Wildman–Crippen MR) is 170 cm³/mol. The third-order valence-electron chi connectivity index (χ3n) is 7.56. The van der Waals surface area contributed by atoms with Gasteiger partial charge in [0.05, 0.1) is 23.0 Å². The molecule has 0 unspecified atom stereocenters. The van der Waals surface area contributed by atoms with E-state index in [1.165, 1.54) is 36.2 Å². The Morgan fingerprint density at radius 3 is 2.49 bits per heavy atom. The number of hydrogen-bond donors (Lipinski definition) is 2. The predicted octanol–water partition coefficient (Wildman–Crippen LogP) is 6.86. The minimum Gasteiger partial charge on any atom is -0.494 e. The van der Waals surface area contributed by atoms with E-state index < -0.39 is 0 Å². The van der Waals surface area contributed by atoms with Gasteiger partial charge in [-0.05, 0) is 74.2 Å². The number of para-hydroxylation sites is 1. The molecule has 1 fully saturated rings. The van der Waals surface area contributed by atoms with Crippen LogP contribution < -0.4 is 25.6 Å². The highest BCUT2D eigenvalue weighted by Gasteiger charge is 2.22. The van der Waals surface area contributed by atoms with Crippen molar-refractivity contribution < 1.29 is 4.74 Å². The van der Waals surface area contributed by atoms with E-state index in [0.717, 1.165) is 46.2 Å². The number of hydrogen-bond acceptors (Lipinski definition) is 8. The summed E-state index contributed by atoms with van der Waals surface area (Å²) in [7, 11) is 5.85. The average molecular weight is 563 g/mol. The SMILES string of the molecule is CCP(CC)c1ccccc1Nc1nc(Nc2ccc(N3CCC(N(C)C)CC3)cc2OC)nc2ccsc12. The van der Waals surface area contributed by atoms with Gasteiger partial charge < -0.3 is 25.2 Å². The minimum atomic E-state index is -0.210. The highest BCUT2D eigenvalue weighted by atomic mass is 32.1. The molecule has 1 saturated heterocycles. The lowest BCUT2D eigenvalue weighted by atomic mass is 10.0. The molecule has 0 aliphatic carbocycles. The Hall–Kier alpha value is -2.93. The van der Waals surface area contributed by atoms with Gasteiger partial charge in [-0.2, -0.15) is 4.98 Å². The summed E-state index contributed by atoms with van der Waals surface area (Å²) in [6.45, 7) is 6.65. The number of piperidine rings is 1. The van der Waals surface area contributed by atoms with Gasteiger partial charge in [0.15, 0.2) is 5.82 Å². The second-order valence-corrected chi connectivity index (χ2v) is 13.8. The number of fused-ring (bicyclic) bond motifs is 1. The van der Waals surface area contributed by atoms with Crippen molar-refractivity contribution >= 4 is 63.6 Å². The normalized spacial score (nSPS) is 14.4. The number of anilines is 5. The fourth-order valence-electron chi connectivity index (χ4n) is 5.29. The second kappa shape index (κ2) is 12.5. The number of thiophene rings is 1. The van der Waals surface area contributed by atoms with E-state index in [9.17, 15) is 0 Å². The monoisotopic (exact) mass is 562 g/mol. The molecule has 7 nitrogen and oxygen atoms in total. The van der Waals surface area contributed by atoms with Crippen LogP contribution in [0.2, 0.25) is 0 Å². The van der Waals surface area contributed by atoms with Crippen LogP contribution >= 0.6 is 19.3 Å². The first-order valence-electron chi connectivity index (χ1n) is 13.7. The molecule has 0 radical (unpaired) electrons. The molecule has 0 spiro atoms. The summed E-state index contributed by atoms with van der Waals surface area (Å²) in [5, 5.41) is 10.6. The highest BCUT2D eigenvalue weighted by molar-refractivity contribution is 7.65. The van der Waals surface area contributed by atoms with Gasteiger partial charge in [0.2, 0.25) is 5.95 Å². The minimum absolute atomic E-state index is 0.210. The van der Waals surface area contributed by atoms with Crippen LogP contribution in [0.5, 0.6) is 5.75 Å². The lowest BCUT2D eigenvalue weighted by Crippen LogP contribution is -2.41. The second-order valence-electron chi connectivity index (χ2n) is 10.0. The lowest BCUT2D eigenvalue weighted by molar-refractivity contribution is 0.249. The van der Waals surface area contributed by atoms with Gasteiger partial charge in [-0.25, -0.2) is 4.98 Å². The summed E-state index contributed by atoms with van der Waals surface area (Å²) in [5.41, 5.74) is 4.09. The summed E-state index contributed by atoms with van der Waals surface area (Å²) >= 11 is 1.66. The van der Waals surface area contributed by atoms with Gasteiger partial charge in [-0.3, -0.25) is 0 Å². The largest absolute Gasteiger partial charge is 0.494 e. The summed E-state index contributed by atoms with van der Waals surface area (Å²) in [6.07, 6.45) is 4.67. The smallest absolute Gasteiger partial charge is 0.229 e. The zero-order valence-electron chi connectivity index (χ0n) is 23.6. The maximum absolute atomic E-state index is 5.81. The van der Waals surface area contributed by atoms with Crippen molar-refractivity contribution in [3.05, 3.63) is 53.9 Å². The third kappa shape index (κ3) is 6.13. The van der Waals surface area contributed by atoms with E-state index >= 15 is 0 Å². The standard InChI is InChI=1S/C30H39N6OPS/c1-6-38(7-2)27-11-9-8-10-24(27)31-29-28-25(16-19-39-28)33-30(34-29)32-23-13-12-22(20-26(23)37-5)36-17-14-21(15-18-36)35(3)4/h8-13,16,19-21H,6-7,14-15,17-18H2,1-5H3,(H2,31,32,33,34). The number of benzene rings is 2. The van der Waals surface area contributed by atoms with Crippen molar-refractivity contribution in [2.75, 3.05) is 62.2 Å². The quantitative estimate of drug-likeness (QED) is 0.205. The van der Waals surface area contributed by atoms with Crippen LogP contribution in [0.25, 0.3) is 10.2 Å². The number of nitrogens with zero attached hydrogens (tertiary/aromatic N) is 4. The average Bonchev–Trinajstić information content (AvgIpc) is 3.44. The summed E-state index contributed by atoms with van der Waals surface area (Å²) in [4.78, 5) is 14.5. The summed E-state index contributed by atoms with van der Waals surface area (Å²) in [5.74, 6) is 2.16. The number of ether oxygens (including phenoxy) is 1. The van der Waals surface area contributed by atoms with Crippen LogP contribution in [0.15, 0.2) is 53.9 Å². The van der Waals surface area contributed by atoms with Crippen LogP contribution in [-0.4, -0.2) is 67.5 Å². The molecule has 2 aromatic heterocycles. The molecular formula is C30H39N6OPS. The Labute approximate surface area is 237 Å². The molecule has 9 heteroatoms. The first kappa shape index (κ1) is 27.6. The van der Waals surface area contributed by atoms with Crippen molar-refractivity contribution in [3.8, 4) is 5.75 Å². The fourth-order valence-corrected chi connectivity index (χ4v) is 7.96. The first-order valence-corrected chi connectivity index (χ1v) is 16.3. The summed E-state index contributed by atoms with van der Waals surface area (Å²) in [6, 6.07) is 17.7. The van der Waals surface area contributed by atoms with E-state index in [-0.39, 0.29) is 7.92 Å². The molecule has 0 atom stereocenters. The number of nitrogens with one attached hydrogen (secondary N) is 2. The van der Waals surface area contributed by atoms with Gasteiger partial charge in [-0.1, -0.05) is 40.0 Å². The third-order valence-corrected chi connectivity index (χ3v) is 11.1. The van der Waals surface area contributed by atoms with Crippen LogP contribution in [-0.2, 0) is 0 Å². The molecular weight excluding hydrogens is 523 g/mol. The molecule has 0 saturated carbocycles. The molecule has 0 amide bonds.